The summed E-state index contributed by atoms with van der Waals surface area (Å²) in [5, 5.41) is 6.88. The van der Waals surface area contributed by atoms with Crippen molar-refractivity contribution >= 4 is 29.9 Å². The van der Waals surface area contributed by atoms with Gasteiger partial charge < -0.3 is 15.1 Å². The SMILES string of the molecule is CCCCNC(=NCC1CCCN1CC)NCCc1ccco1.I. The van der Waals surface area contributed by atoms with Gasteiger partial charge in [-0.1, -0.05) is 20.3 Å². The van der Waals surface area contributed by atoms with E-state index in [1.54, 1.807) is 6.26 Å². The third-order valence-electron chi connectivity index (χ3n) is 4.43. The first kappa shape index (κ1) is 21.3. The topological polar surface area (TPSA) is 52.8 Å². The number of halogens is 1. The highest BCUT2D eigenvalue weighted by atomic mass is 127. The van der Waals surface area contributed by atoms with Gasteiger partial charge in [-0.15, -0.1) is 24.0 Å². The number of hydrogen-bond acceptors (Lipinski definition) is 3. The minimum atomic E-state index is 0. The van der Waals surface area contributed by atoms with Crippen molar-refractivity contribution in [3.05, 3.63) is 24.2 Å². The molecule has 1 unspecified atom stereocenters. The van der Waals surface area contributed by atoms with Crippen LogP contribution in [0.4, 0.5) is 0 Å². The Morgan fingerprint density at radius 1 is 1.33 bits per heavy atom. The zero-order valence-electron chi connectivity index (χ0n) is 15.1. The lowest BCUT2D eigenvalue weighted by Gasteiger charge is -2.21. The van der Waals surface area contributed by atoms with Crippen molar-refractivity contribution in [3.8, 4) is 0 Å². The van der Waals surface area contributed by atoms with E-state index >= 15 is 0 Å². The van der Waals surface area contributed by atoms with Crippen molar-refractivity contribution in [3.63, 3.8) is 0 Å². The molecule has 0 aromatic carbocycles. The van der Waals surface area contributed by atoms with Gasteiger partial charge in [0, 0.05) is 25.6 Å². The van der Waals surface area contributed by atoms with Crippen LogP contribution in [0.2, 0.25) is 0 Å². The summed E-state index contributed by atoms with van der Waals surface area (Å²) >= 11 is 0. The molecule has 138 valence electrons. The van der Waals surface area contributed by atoms with E-state index in [0.29, 0.717) is 6.04 Å². The molecular formula is C18H33IN4O. The molecule has 6 heteroatoms. The van der Waals surface area contributed by atoms with Crippen LogP contribution in [-0.2, 0) is 6.42 Å². The number of nitrogens with one attached hydrogen (secondary N) is 2. The summed E-state index contributed by atoms with van der Waals surface area (Å²) in [6.45, 7) is 9.51. The molecule has 2 N–H and O–H groups in total. The molecule has 2 rings (SSSR count). The second-order valence-electron chi connectivity index (χ2n) is 6.15. The van der Waals surface area contributed by atoms with Gasteiger partial charge in [0.05, 0.1) is 12.8 Å². The van der Waals surface area contributed by atoms with E-state index in [-0.39, 0.29) is 24.0 Å². The molecule has 0 bridgehead atoms. The molecule has 1 aromatic rings. The van der Waals surface area contributed by atoms with Gasteiger partial charge in [0.15, 0.2) is 5.96 Å². The molecule has 2 heterocycles. The second kappa shape index (κ2) is 12.6. The minimum absolute atomic E-state index is 0. The molecule has 1 aliphatic heterocycles. The number of unbranched alkanes of at least 4 members (excludes halogenated alkanes) is 1. The smallest absolute Gasteiger partial charge is 0.191 e. The first-order valence-corrected chi connectivity index (χ1v) is 9.12. The van der Waals surface area contributed by atoms with E-state index < -0.39 is 0 Å². The van der Waals surface area contributed by atoms with Gasteiger partial charge in [0.25, 0.3) is 0 Å². The van der Waals surface area contributed by atoms with Gasteiger partial charge in [0.2, 0.25) is 0 Å². The highest BCUT2D eigenvalue weighted by molar-refractivity contribution is 14.0. The van der Waals surface area contributed by atoms with Crippen LogP contribution in [0.5, 0.6) is 0 Å². The predicted molar refractivity (Wildman–Crippen MR) is 111 cm³/mol. The maximum atomic E-state index is 5.38. The largest absolute Gasteiger partial charge is 0.469 e. The molecule has 0 radical (unpaired) electrons. The van der Waals surface area contributed by atoms with Crippen molar-refractivity contribution in [2.75, 3.05) is 32.7 Å². The second-order valence-corrected chi connectivity index (χ2v) is 6.15. The number of hydrogen-bond donors (Lipinski definition) is 2. The third-order valence-corrected chi connectivity index (χ3v) is 4.43. The Bertz CT molecular complexity index is 450. The van der Waals surface area contributed by atoms with E-state index in [2.05, 4.69) is 29.4 Å². The number of likely N-dealkylation sites (N-methyl/N-ethyl adjacent to an activating group) is 1. The summed E-state index contributed by atoms with van der Waals surface area (Å²) in [4.78, 5) is 7.35. The molecule has 1 aromatic heterocycles. The van der Waals surface area contributed by atoms with E-state index in [9.17, 15) is 0 Å². The Hall–Kier alpha value is -0.760. The lowest BCUT2D eigenvalue weighted by Crippen LogP contribution is -2.40. The van der Waals surface area contributed by atoms with Crippen LogP contribution in [0.1, 0.15) is 45.3 Å². The van der Waals surface area contributed by atoms with Gasteiger partial charge >= 0.3 is 0 Å². The van der Waals surface area contributed by atoms with Crippen molar-refractivity contribution < 1.29 is 4.42 Å². The van der Waals surface area contributed by atoms with Gasteiger partial charge in [-0.05, 0) is 44.5 Å². The van der Waals surface area contributed by atoms with E-state index in [4.69, 9.17) is 9.41 Å². The summed E-state index contributed by atoms with van der Waals surface area (Å²) in [5.74, 6) is 1.95. The number of nitrogens with zero attached hydrogens (tertiary/aromatic N) is 2. The number of rotatable bonds is 9. The number of guanidine groups is 1. The van der Waals surface area contributed by atoms with Gasteiger partial charge in [-0.2, -0.15) is 0 Å². The first-order chi connectivity index (χ1) is 11.3. The average molecular weight is 448 g/mol. The van der Waals surface area contributed by atoms with E-state index in [1.165, 1.54) is 32.2 Å². The maximum Gasteiger partial charge on any atom is 0.191 e. The lowest BCUT2D eigenvalue weighted by atomic mass is 10.2. The zero-order chi connectivity index (χ0) is 16.3. The summed E-state index contributed by atoms with van der Waals surface area (Å²) in [6, 6.07) is 4.55. The monoisotopic (exact) mass is 448 g/mol. The fourth-order valence-electron chi connectivity index (χ4n) is 3.03. The number of aliphatic imine (C=N–C) groups is 1. The Labute approximate surface area is 163 Å². The molecule has 0 saturated carbocycles. The summed E-state index contributed by atoms with van der Waals surface area (Å²) in [5.41, 5.74) is 0. The van der Waals surface area contributed by atoms with Gasteiger partial charge in [-0.3, -0.25) is 9.89 Å². The summed E-state index contributed by atoms with van der Waals surface area (Å²) in [6.07, 6.45) is 7.54. The third kappa shape index (κ3) is 7.42. The van der Waals surface area contributed by atoms with Crippen LogP contribution < -0.4 is 10.6 Å². The minimum Gasteiger partial charge on any atom is -0.469 e. The maximum absolute atomic E-state index is 5.38. The molecule has 5 nitrogen and oxygen atoms in total. The molecule has 0 aliphatic carbocycles. The Morgan fingerprint density at radius 3 is 2.88 bits per heavy atom. The molecule has 1 atom stereocenters. The Balaban J connectivity index is 0.00000288. The quantitative estimate of drug-likeness (QED) is 0.264. The van der Waals surface area contributed by atoms with Crippen molar-refractivity contribution in [1.82, 2.24) is 15.5 Å². The zero-order valence-corrected chi connectivity index (χ0v) is 17.4. The summed E-state index contributed by atoms with van der Waals surface area (Å²) < 4.78 is 5.38. The molecule has 1 aliphatic rings. The fourth-order valence-corrected chi connectivity index (χ4v) is 3.03. The lowest BCUT2D eigenvalue weighted by molar-refractivity contribution is 0.273. The van der Waals surface area contributed by atoms with Gasteiger partial charge in [0.1, 0.15) is 5.76 Å². The Kier molecular flexibility index (Phi) is 11.2. The van der Waals surface area contributed by atoms with Crippen LogP contribution in [-0.4, -0.2) is 49.6 Å². The molecule has 24 heavy (non-hydrogen) atoms. The first-order valence-electron chi connectivity index (χ1n) is 9.12. The highest BCUT2D eigenvalue weighted by Gasteiger charge is 2.22. The molecule has 0 spiro atoms. The van der Waals surface area contributed by atoms with Crippen molar-refractivity contribution in [1.29, 1.82) is 0 Å². The molecule has 1 saturated heterocycles. The molecule has 0 amide bonds. The van der Waals surface area contributed by atoms with Crippen LogP contribution in [0.3, 0.4) is 0 Å². The van der Waals surface area contributed by atoms with E-state index in [1.807, 2.05) is 12.1 Å². The highest BCUT2D eigenvalue weighted by Crippen LogP contribution is 2.16. The number of furan rings is 1. The number of likely N-dealkylation sites (tertiary alicyclic amines) is 1. The predicted octanol–water partition coefficient (Wildman–Crippen LogP) is 3.26. The van der Waals surface area contributed by atoms with E-state index in [0.717, 1.165) is 44.3 Å². The van der Waals surface area contributed by atoms with Crippen molar-refractivity contribution in [2.24, 2.45) is 4.99 Å². The van der Waals surface area contributed by atoms with Crippen molar-refractivity contribution in [2.45, 2.75) is 52.0 Å². The van der Waals surface area contributed by atoms with Crippen LogP contribution in [0.15, 0.2) is 27.8 Å². The normalized spacial score (nSPS) is 18.4. The van der Waals surface area contributed by atoms with Crippen LogP contribution in [0, 0.1) is 0 Å². The van der Waals surface area contributed by atoms with Crippen LogP contribution >= 0.6 is 24.0 Å². The molecule has 1 fully saturated rings. The fraction of sp³-hybridized carbons (Fsp3) is 0.722. The van der Waals surface area contributed by atoms with Crippen LogP contribution in [0.25, 0.3) is 0 Å². The molecular weight excluding hydrogens is 415 g/mol. The summed E-state index contributed by atoms with van der Waals surface area (Å²) in [7, 11) is 0. The standard InChI is InChI=1S/C18H32N4O.HI/c1-3-5-11-19-18(20-12-10-17-9-7-14-23-17)21-15-16-8-6-13-22(16)4-2;/h7,9,14,16H,3-6,8,10-13,15H2,1-2H3,(H2,19,20,21);1H. The average Bonchev–Trinajstić information content (AvgIpc) is 3.23. The Morgan fingerprint density at radius 2 is 2.17 bits per heavy atom. The van der Waals surface area contributed by atoms with Gasteiger partial charge in [-0.25, -0.2) is 0 Å².